The van der Waals surface area contributed by atoms with Gasteiger partial charge in [-0.2, -0.15) is 0 Å². The summed E-state index contributed by atoms with van der Waals surface area (Å²) in [4.78, 5) is 12.1. The first-order valence-corrected chi connectivity index (χ1v) is 12.7. The molecule has 0 spiro atoms. The summed E-state index contributed by atoms with van der Waals surface area (Å²) in [6.07, 6.45) is 3.45. The minimum atomic E-state index is -3.24. The van der Waals surface area contributed by atoms with Crippen LogP contribution in [0, 0.1) is 17.6 Å². The van der Waals surface area contributed by atoms with Crippen LogP contribution in [0.25, 0.3) is 0 Å². The molecule has 0 radical (unpaired) electrons. The highest BCUT2D eigenvalue weighted by atomic mass is 32.2. The molecule has 11 heteroatoms. The fraction of sp³-hybridized carbons (Fsp3) is 0.667. The summed E-state index contributed by atoms with van der Waals surface area (Å²) in [5.41, 5.74) is 2.54. The third kappa shape index (κ3) is 4.75. The largest absolute Gasteiger partial charge is 0.482 e. The average Bonchev–Trinajstić information content (AvgIpc) is 3.18. The molecule has 0 amide bonds. The van der Waals surface area contributed by atoms with Gasteiger partial charge in [-0.3, -0.25) is 10.4 Å². The first-order chi connectivity index (χ1) is 15.1. The van der Waals surface area contributed by atoms with Crippen molar-refractivity contribution in [2.75, 3.05) is 39.0 Å². The Morgan fingerprint density at radius 3 is 2.38 bits per heavy atom. The smallest absolute Gasteiger partial charge is 0.211 e. The van der Waals surface area contributed by atoms with E-state index in [1.807, 2.05) is 13.8 Å². The number of nitrogens with zero attached hydrogens (tertiary/aromatic N) is 3. The van der Waals surface area contributed by atoms with Gasteiger partial charge >= 0.3 is 0 Å². The maximum atomic E-state index is 14.7. The van der Waals surface area contributed by atoms with Gasteiger partial charge in [0.1, 0.15) is 12.4 Å². The van der Waals surface area contributed by atoms with Gasteiger partial charge in [-0.15, -0.1) is 0 Å². The van der Waals surface area contributed by atoms with Gasteiger partial charge in [0.2, 0.25) is 15.7 Å². The Bertz CT molecular complexity index is 953. The number of likely N-dealkylation sites (tertiary alicyclic amines) is 1. The zero-order valence-corrected chi connectivity index (χ0v) is 19.4. The maximum Gasteiger partial charge on any atom is 0.211 e. The summed E-state index contributed by atoms with van der Waals surface area (Å²) in [6, 6.07) is 2.63. The van der Waals surface area contributed by atoms with E-state index in [-0.39, 0.29) is 23.7 Å². The molecule has 1 N–H and O–H groups in total. The van der Waals surface area contributed by atoms with E-state index in [1.165, 1.54) is 29.0 Å². The zero-order chi connectivity index (χ0) is 23.1. The molecule has 32 heavy (non-hydrogen) atoms. The number of ether oxygens (including phenoxy) is 1. The van der Waals surface area contributed by atoms with Crippen molar-refractivity contribution in [3.05, 3.63) is 29.3 Å². The van der Waals surface area contributed by atoms with Crippen molar-refractivity contribution < 1.29 is 26.8 Å². The molecular weight excluding hydrogens is 442 g/mol. The van der Waals surface area contributed by atoms with Crippen LogP contribution in [0.3, 0.4) is 0 Å². The van der Waals surface area contributed by atoms with Crippen molar-refractivity contribution in [1.82, 2.24) is 14.7 Å². The molecule has 0 aromatic heterocycles. The molecule has 2 fully saturated rings. The van der Waals surface area contributed by atoms with Crippen LogP contribution >= 0.6 is 0 Å². The summed E-state index contributed by atoms with van der Waals surface area (Å²) in [7, 11) is -3.24. The van der Waals surface area contributed by atoms with E-state index >= 15 is 0 Å². The second-order valence-electron chi connectivity index (χ2n) is 9.16. The molecule has 178 valence electrons. The molecule has 0 bridgehead atoms. The number of hydroxylamine groups is 1. The third-order valence-corrected chi connectivity index (χ3v) is 7.85. The average molecular weight is 473 g/mol. The summed E-state index contributed by atoms with van der Waals surface area (Å²) >= 11 is 0. The summed E-state index contributed by atoms with van der Waals surface area (Å²) in [6.45, 7) is 6.36. The Morgan fingerprint density at radius 2 is 1.88 bits per heavy atom. The highest BCUT2D eigenvalue weighted by Crippen LogP contribution is 2.35. The standard InChI is InChI=1S/C21H30F2N4O4S/c1-14(2)21(24-13-25-31-21)12-26-10-17(11-26)30-20-18(22)8-16(9-19(20)23)15-4-6-27(7-5-15)32(3,28)29/h8-9,13-15,17H,4-7,10-12H2,1-3H3,(H,24,25). The molecule has 1 unspecified atom stereocenters. The number of piperidine rings is 1. The Hall–Kier alpha value is -1.82. The fourth-order valence-corrected chi connectivity index (χ4v) is 5.35. The lowest BCUT2D eigenvalue weighted by atomic mass is 9.90. The minimum absolute atomic E-state index is 0.0851. The topological polar surface area (TPSA) is 83.5 Å². The predicted octanol–water partition coefficient (Wildman–Crippen LogP) is 2.08. The molecule has 0 saturated carbocycles. The van der Waals surface area contributed by atoms with Crippen LogP contribution in [0.4, 0.5) is 8.78 Å². The van der Waals surface area contributed by atoms with Crippen LogP contribution in [0.1, 0.15) is 38.2 Å². The summed E-state index contributed by atoms with van der Waals surface area (Å²) in [5, 5.41) is 0. The number of rotatable bonds is 7. The maximum absolute atomic E-state index is 14.7. The van der Waals surface area contributed by atoms with Crippen LogP contribution in [-0.4, -0.2) is 74.8 Å². The van der Waals surface area contributed by atoms with Gasteiger partial charge in [-0.1, -0.05) is 13.8 Å². The normalized spacial score (nSPS) is 25.8. The van der Waals surface area contributed by atoms with Gasteiger partial charge < -0.3 is 4.74 Å². The molecule has 3 aliphatic rings. The van der Waals surface area contributed by atoms with Gasteiger partial charge in [-0.25, -0.2) is 31.3 Å². The molecule has 0 aliphatic carbocycles. The predicted molar refractivity (Wildman–Crippen MR) is 116 cm³/mol. The quantitative estimate of drug-likeness (QED) is 0.654. The number of benzene rings is 1. The van der Waals surface area contributed by atoms with Crippen molar-refractivity contribution in [3.63, 3.8) is 0 Å². The lowest BCUT2D eigenvalue weighted by Crippen LogP contribution is -2.59. The van der Waals surface area contributed by atoms with Crippen molar-refractivity contribution in [2.45, 2.75) is 44.4 Å². The zero-order valence-electron chi connectivity index (χ0n) is 18.6. The molecule has 1 aromatic carbocycles. The molecule has 4 rings (SSSR count). The van der Waals surface area contributed by atoms with Crippen molar-refractivity contribution in [2.24, 2.45) is 10.9 Å². The van der Waals surface area contributed by atoms with E-state index in [2.05, 4.69) is 15.4 Å². The SMILES string of the molecule is CC(C)C1(CN2CC(Oc3c(F)cc(C4CCN(S(C)(=O)=O)CC4)cc3F)C2)N=CNO1. The Balaban J connectivity index is 1.34. The Labute approximate surface area is 187 Å². The fourth-order valence-electron chi connectivity index (χ4n) is 4.47. The van der Waals surface area contributed by atoms with E-state index in [0.29, 0.717) is 51.1 Å². The van der Waals surface area contributed by atoms with E-state index in [4.69, 9.17) is 9.57 Å². The van der Waals surface area contributed by atoms with E-state index in [1.54, 1.807) is 0 Å². The first kappa shape index (κ1) is 23.3. The summed E-state index contributed by atoms with van der Waals surface area (Å²) < 4.78 is 59.8. The monoisotopic (exact) mass is 472 g/mol. The molecule has 3 heterocycles. The van der Waals surface area contributed by atoms with E-state index in [0.717, 1.165) is 0 Å². The van der Waals surface area contributed by atoms with Gasteiger partial charge in [-0.05, 0) is 36.5 Å². The molecule has 8 nitrogen and oxygen atoms in total. The summed E-state index contributed by atoms with van der Waals surface area (Å²) in [5.74, 6) is -1.74. The number of nitrogens with one attached hydrogen (secondary N) is 1. The van der Waals surface area contributed by atoms with Crippen LogP contribution < -0.4 is 10.2 Å². The second-order valence-corrected chi connectivity index (χ2v) is 11.1. The van der Waals surface area contributed by atoms with Crippen molar-refractivity contribution in [1.29, 1.82) is 0 Å². The number of hydrogen-bond acceptors (Lipinski definition) is 7. The molecule has 1 aromatic rings. The molecular formula is C21H30F2N4O4S. The highest BCUT2D eigenvalue weighted by molar-refractivity contribution is 7.88. The van der Waals surface area contributed by atoms with Gasteiger partial charge in [0.25, 0.3) is 0 Å². The lowest BCUT2D eigenvalue weighted by Gasteiger charge is -2.43. The van der Waals surface area contributed by atoms with E-state index in [9.17, 15) is 17.2 Å². The number of halogens is 2. The number of aliphatic imine (C=N–C) groups is 1. The molecule has 2 saturated heterocycles. The Kier molecular flexibility index (Phi) is 6.45. The van der Waals surface area contributed by atoms with Crippen molar-refractivity contribution >= 4 is 16.4 Å². The Morgan fingerprint density at radius 1 is 1.25 bits per heavy atom. The highest BCUT2D eigenvalue weighted by Gasteiger charge is 2.43. The van der Waals surface area contributed by atoms with Gasteiger partial charge in [0, 0.05) is 32.1 Å². The number of hydrogen-bond donors (Lipinski definition) is 1. The van der Waals surface area contributed by atoms with Crippen LogP contribution in [0.5, 0.6) is 5.75 Å². The lowest BCUT2D eigenvalue weighted by molar-refractivity contribution is -0.121. The van der Waals surface area contributed by atoms with Crippen LogP contribution in [0.2, 0.25) is 0 Å². The van der Waals surface area contributed by atoms with Gasteiger partial charge in [0.05, 0.1) is 12.8 Å². The minimum Gasteiger partial charge on any atom is -0.482 e. The van der Waals surface area contributed by atoms with Crippen LogP contribution in [-0.2, 0) is 14.9 Å². The van der Waals surface area contributed by atoms with Gasteiger partial charge in [0.15, 0.2) is 17.4 Å². The molecule has 1 atom stereocenters. The first-order valence-electron chi connectivity index (χ1n) is 10.9. The number of sulfonamides is 1. The molecule has 3 aliphatic heterocycles. The van der Waals surface area contributed by atoms with Crippen LogP contribution in [0.15, 0.2) is 17.1 Å². The second kappa shape index (κ2) is 8.85. The van der Waals surface area contributed by atoms with E-state index < -0.39 is 27.4 Å². The van der Waals surface area contributed by atoms with Crippen molar-refractivity contribution in [3.8, 4) is 5.75 Å². The third-order valence-electron chi connectivity index (χ3n) is 6.55.